The third-order valence-corrected chi connectivity index (χ3v) is 5.59. The maximum Gasteiger partial charge on any atom is 0.175 e. The molecule has 2 aliphatic rings. The first kappa shape index (κ1) is 15.0. The Morgan fingerprint density at radius 3 is 2.57 bits per heavy atom. The minimum Gasteiger partial charge on any atom is -0.312 e. The van der Waals surface area contributed by atoms with Crippen LogP contribution in [0.25, 0.3) is 0 Å². The summed E-state index contributed by atoms with van der Waals surface area (Å²) in [5, 5.41) is 3.67. The van der Waals surface area contributed by atoms with Crippen molar-refractivity contribution in [2.45, 2.75) is 36.7 Å². The highest BCUT2D eigenvalue weighted by atomic mass is 32.2. The van der Waals surface area contributed by atoms with E-state index in [0.717, 1.165) is 32.1 Å². The maximum atomic E-state index is 11.5. The van der Waals surface area contributed by atoms with E-state index in [0.29, 0.717) is 10.9 Å². The number of benzene rings is 1. The molecule has 116 valence electrons. The van der Waals surface area contributed by atoms with Gasteiger partial charge in [0.05, 0.1) is 4.90 Å². The second-order valence-corrected chi connectivity index (χ2v) is 8.42. The van der Waals surface area contributed by atoms with Crippen molar-refractivity contribution in [2.24, 2.45) is 5.92 Å². The Balaban J connectivity index is 1.64. The Morgan fingerprint density at radius 1 is 1.24 bits per heavy atom. The van der Waals surface area contributed by atoms with Gasteiger partial charge in [0, 0.05) is 25.4 Å². The zero-order valence-corrected chi connectivity index (χ0v) is 13.4. The molecule has 0 aromatic heterocycles. The smallest absolute Gasteiger partial charge is 0.175 e. The summed E-state index contributed by atoms with van der Waals surface area (Å²) in [7, 11) is -3.09. The van der Waals surface area contributed by atoms with Crippen LogP contribution in [0.1, 0.15) is 24.8 Å². The minimum atomic E-state index is -3.09. The van der Waals surface area contributed by atoms with Crippen LogP contribution in [0.5, 0.6) is 0 Å². The summed E-state index contributed by atoms with van der Waals surface area (Å²) in [6, 6.07) is 7.97. The van der Waals surface area contributed by atoms with E-state index in [2.05, 4.69) is 10.2 Å². The number of sulfone groups is 1. The van der Waals surface area contributed by atoms with E-state index in [1.54, 1.807) is 12.1 Å². The Labute approximate surface area is 127 Å². The Morgan fingerprint density at radius 2 is 1.95 bits per heavy atom. The van der Waals surface area contributed by atoms with Crippen LogP contribution in [0.2, 0.25) is 0 Å². The van der Waals surface area contributed by atoms with Gasteiger partial charge in [-0.15, -0.1) is 0 Å². The summed E-state index contributed by atoms with van der Waals surface area (Å²) in [6.07, 6.45) is 5.18. The van der Waals surface area contributed by atoms with Crippen molar-refractivity contribution < 1.29 is 8.42 Å². The van der Waals surface area contributed by atoms with E-state index in [4.69, 9.17) is 0 Å². The largest absolute Gasteiger partial charge is 0.312 e. The van der Waals surface area contributed by atoms with E-state index < -0.39 is 9.84 Å². The molecule has 0 radical (unpaired) electrons. The summed E-state index contributed by atoms with van der Waals surface area (Å²) in [6.45, 7) is 4.25. The number of nitrogens with one attached hydrogen (secondary N) is 1. The summed E-state index contributed by atoms with van der Waals surface area (Å²) in [4.78, 5) is 2.90. The first-order valence-electron chi connectivity index (χ1n) is 7.77. The fourth-order valence-electron chi connectivity index (χ4n) is 3.08. The normalized spacial score (nSPS) is 24.7. The lowest BCUT2D eigenvalue weighted by Crippen LogP contribution is -2.38. The van der Waals surface area contributed by atoms with Crippen molar-refractivity contribution in [1.29, 1.82) is 0 Å². The molecule has 1 aliphatic heterocycles. The van der Waals surface area contributed by atoms with Gasteiger partial charge >= 0.3 is 0 Å². The van der Waals surface area contributed by atoms with E-state index >= 15 is 0 Å². The van der Waals surface area contributed by atoms with Gasteiger partial charge in [-0.25, -0.2) is 8.42 Å². The highest BCUT2D eigenvalue weighted by Crippen LogP contribution is 2.33. The molecule has 1 saturated heterocycles. The van der Waals surface area contributed by atoms with Crippen molar-refractivity contribution in [2.75, 3.05) is 25.9 Å². The van der Waals surface area contributed by atoms with Gasteiger partial charge in [0.1, 0.15) is 0 Å². The second-order valence-electron chi connectivity index (χ2n) is 6.40. The molecule has 5 heteroatoms. The molecule has 3 rings (SSSR count). The average Bonchev–Trinajstić information content (AvgIpc) is 3.25. The quantitative estimate of drug-likeness (QED) is 0.919. The standard InChI is InChI=1S/C16H24N2O2S/c1-21(19,20)15-7-3-13(4-8-15)11-18-10-2-9-17-16(12-18)14-5-6-14/h3-4,7-8,14,16-17H,2,5-6,9-12H2,1H3. The summed E-state index contributed by atoms with van der Waals surface area (Å²) in [5.41, 5.74) is 1.19. The van der Waals surface area contributed by atoms with Crippen molar-refractivity contribution in [3.05, 3.63) is 29.8 Å². The number of nitrogens with zero attached hydrogens (tertiary/aromatic N) is 1. The van der Waals surface area contributed by atoms with Crippen molar-refractivity contribution in [3.8, 4) is 0 Å². The van der Waals surface area contributed by atoms with E-state index in [9.17, 15) is 8.42 Å². The molecule has 1 heterocycles. The van der Waals surface area contributed by atoms with Crippen LogP contribution in [-0.2, 0) is 16.4 Å². The molecule has 1 aromatic rings. The summed E-state index contributed by atoms with van der Waals surface area (Å²) >= 11 is 0. The predicted molar refractivity (Wildman–Crippen MR) is 84.0 cm³/mol. The third-order valence-electron chi connectivity index (χ3n) is 4.46. The highest BCUT2D eigenvalue weighted by molar-refractivity contribution is 7.90. The SMILES string of the molecule is CS(=O)(=O)c1ccc(CN2CCCNC(C3CC3)C2)cc1. The van der Waals surface area contributed by atoms with Crippen molar-refractivity contribution in [3.63, 3.8) is 0 Å². The molecule has 2 fully saturated rings. The number of hydrogen-bond donors (Lipinski definition) is 1. The average molecular weight is 308 g/mol. The molecular weight excluding hydrogens is 284 g/mol. The molecule has 1 atom stereocenters. The van der Waals surface area contributed by atoms with Crippen LogP contribution in [-0.4, -0.2) is 45.2 Å². The Kier molecular flexibility index (Phi) is 4.33. The van der Waals surface area contributed by atoms with Gasteiger partial charge in [0.15, 0.2) is 9.84 Å². The van der Waals surface area contributed by atoms with E-state index in [-0.39, 0.29) is 0 Å². The predicted octanol–water partition coefficient (Wildman–Crippen LogP) is 1.66. The van der Waals surface area contributed by atoms with Crippen LogP contribution in [0.4, 0.5) is 0 Å². The molecule has 4 nitrogen and oxygen atoms in total. The minimum absolute atomic E-state index is 0.402. The number of rotatable bonds is 4. The molecule has 1 aliphatic carbocycles. The second kappa shape index (κ2) is 6.07. The lowest BCUT2D eigenvalue weighted by Gasteiger charge is -2.24. The summed E-state index contributed by atoms with van der Waals surface area (Å²) in [5.74, 6) is 0.873. The van der Waals surface area contributed by atoms with E-state index in [1.807, 2.05) is 12.1 Å². The van der Waals surface area contributed by atoms with Crippen LogP contribution in [0.3, 0.4) is 0 Å². The lowest BCUT2D eigenvalue weighted by atomic mass is 10.1. The molecule has 1 unspecified atom stereocenters. The Hall–Kier alpha value is -0.910. The molecule has 0 amide bonds. The van der Waals surface area contributed by atoms with Crippen molar-refractivity contribution in [1.82, 2.24) is 10.2 Å². The van der Waals surface area contributed by atoms with Crippen molar-refractivity contribution >= 4 is 9.84 Å². The fourth-order valence-corrected chi connectivity index (χ4v) is 3.71. The van der Waals surface area contributed by atoms with Crippen LogP contribution in [0.15, 0.2) is 29.2 Å². The van der Waals surface area contributed by atoms with Gasteiger partial charge < -0.3 is 5.32 Å². The van der Waals surface area contributed by atoms with Gasteiger partial charge in [0.2, 0.25) is 0 Å². The van der Waals surface area contributed by atoms with E-state index in [1.165, 1.54) is 31.1 Å². The number of hydrogen-bond acceptors (Lipinski definition) is 4. The zero-order chi connectivity index (χ0) is 14.9. The first-order valence-corrected chi connectivity index (χ1v) is 9.66. The highest BCUT2D eigenvalue weighted by Gasteiger charge is 2.32. The molecule has 1 saturated carbocycles. The van der Waals surface area contributed by atoms with Gasteiger partial charge in [-0.2, -0.15) is 0 Å². The maximum absolute atomic E-state index is 11.5. The molecule has 1 N–H and O–H groups in total. The lowest BCUT2D eigenvalue weighted by molar-refractivity contribution is 0.251. The zero-order valence-electron chi connectivity index (χ0n) is 12.6. The van der Waals surface area contributed by atoms with Gasteiger partial charge in [-0.05, 0) is 56.0 Å². The fraction of sp³-hybridized carbons (Fsp3) is 0.625. The van der Waals surface area contributed by atoms with Gasteiger partial charge in [-0.3, -0.25) is 4.90 Å². The molecule has 21 heavy (non-hydrogen) atoms. The molecule has 0 bridgehead atoms. The van der Waals surface area contributed by atoms with Crippen LogP contribution >= 0.6 is 0 Å². The topological polar surface area (TPSA) is 49.4 Å². The molecular formula is C16H24N2O2S. The molecule has 1 aromatic carbocycles. The Bertz CT molecular complexity index is 579. The van der Waals surface area contributed by atoms with Crippen LogP contribution in [0, 0.1) is 5.92 Å². The van der Waals surface area contributed by atoms with Gasteiger partial charge in [0.25, 0.3) is 0 Å². The van der Waals surface area contributed by atoms with Gasteiger partial charge in [-0.1, -0.05) is 12.1 Å². The van der Waals surface area contributed by atoms with Crippen LogP contribution < -0.4 is 5.32 Å². The molecule has 0 spiro atoms. The first-order chi connectivity index (χ1) is 10.0. The summed E-state index contributed by atoms with van der Waals surface area (Å²) < 4.78 is 23.0. The monoisotopic (exact) mass is 308 g/mol. The third kappa shape index (κ3) is 4.05.